The van der Waals surface area contributed by atoms with E-state index in [9.17, 15) is 0 Å². The third-order valence-electron chi connectivity index (χ3n) is 4.67. The molecule has 5 heteroatoms. The number of rotatable bonds is 1. The molecule has 0 bridgehead atoms. The Morgan fingerprint density at radius 3 is 3.00 bits per heavy atom. The number of fused-ring (bicyclic) bond motifs is 1. The zero-order chi connectivity index (χ0) is 15.4. The van der Waals surface area contributed by atoms with Crippen LogP contribution in [0, 0.1) is 18.4 Å². The van der Waals surface area contributed by atoms with Crippen molar-refractivity contribution >= 4 is 11.6 Å². The summed E-state index contributed by atoms with van der Waals surface area (Å²) in [5.41, 5.74) is 2.04. The van der Waals surface area contributed by atoms with E-state index in [0.29, 0.717) is 18.0 Å². The molecule has 1 aliphatic carbocycles. The average Bonchev–Trinajstić information content (AvgIpc) is 2.56. The van der Waals surface area contributed by atoms with E-state index in [4.69, 9.17) is 10.3 Å². The van der Waals surface area contributed by atoms with Crippen LogP contribution in [0.1, 0.15) is 31.2 Å². The van der Waals surface area contributed by atoms with Crippen molar-refractivity contribution in [1.29, 1.82) is 5.26 Å². The molecule has 1 aromatic carbocycles. The number of piperazine rings is 1. The summed E-state index contributed by atoms with van der Waals surface area (Å²) in [4.78, 5) is 7.03. The molecule has 3 rings (SSSR count). The van der Waals surface area contributed by atoms with E-state index in [1.54, 1.807) is 0 Å². The Morgan fingerprint density at radius 1 is 1.36 bits per heavy atom. The van der Waals surface area contributed by atoms with Gasteiger partial charge >= 0.3 is 0 Å². The summed E-state index contributed by atoms with van der Waals surface area (Å²) in [5.74, 6) is 0.690. The normalized spacial score (nSPS) is 25.3. The largest absolute Gasteiger partial charge is 0.336 e. The predicted molar refractivity (Wildman–Crippen MR) is 87.8 cm³/mol. The van der Waals surface area contributed by atoms with Crippen LogP contribution in [0.5, 0.6) is 0 Å². The summed E-state index contributed by atoms with van der Waals surface area (Å²) >= 11 is 0. The molecule has 22 heavy (non-hydrogen) atoms. The van der Waals surface area contributed by atoms with Gasteiger partial charge < -0.3 is 10.2 Å². The fourth-order valence-electron chi connectivity index (χ4n) is 3.54. The number of nitriles is 1. The summed E-state index contributed by atoms with van der Waals surface area (Å²) in [6, 6.07) is 8.99. The number of hydrogen-bond acceptors (Lipinski definition) is 3. The van der Waals surface area contributed by atoms with Crippen molar-refractivity contribution in [2.45, 2.75) is 44.7 Å². The van der Waals surface area contributed by atoms with Crippen molar-refractivity contribution in [2.24, 2.45) is 4.99 Å². The molecule has 1 heterocycles. The first-order valence-electron chi connectivity index (χ1n) is 8.09. The van der Waals surface area contributed by atoms with Crippen LogP contribution in [0.3, 0.4) is 0 Å². The van der Waals surface area contributed by atoms with Gasteiger partial charge in [-0.2, -0.15) is 5.26 Å². The highest BCUT2D eigenvalue weighted by Gasteiger charge is 2.34. The lowest BCUT2D eigenvalue weighted by atomic mass is 9.88. The van der Waals surface area contributed by atoms with E-state index in [2.05, 4.69) is 21.7 Å². The molecule has 0 aromatic heterocycles. The van der Waals surface area contributed by atoms with Gasteiger partial charge in [-0.1, -0.05) is 31.0 Å². The number of aliphatic imine (C=N–C) groups is 1. The second-order valence-corrected chi connectivity index (χ2v) is 6.06. The van der Waals surface area contributed by atoms with Gasteiger partial charge in [-0.25, -0.2) is 4.99 Å². The highest BCUT2D eigenvalue weighted by Crippen LogP contribution is 2.26. The minimum Gasteiger partial charge on any atom is -0.336 e. The SMILES string of the molecule is Cc1ccccc1N=C(NC#N)N1CCN[C@H]2CCCC[C@@H]21. The maximum absolute atomic E-state index is 9.13. The molecule has 2 aliphatic rings. The van der Waals surface area contributed by atoms with E-state index in [-0.39, 0.29) is 0 Å². The lowest BCUT2D eigenvalue weighted by Gasteiger charge is -2.45. The van der Waals surface area contributed by atoms with Crippen molar-refractivity contribution in [3.63, 3.8) is 0 Å². The Bertz CT molecular complexity index is 587. The van der Waals surface area contributed by atoms with E-state index in [0.717, 1.165) is 30.8 Å². The summed E-state index contributed by atoms with van der Waals surface area (Å²) in [6.45, 7) is 3.88. The highest BCUT2D eigenvalue weighted by atomic mass is 15.3. The number of para-hydroxylation sites is 1. The molecule has 1 saturated carbocycles. The van der Waals surface area contributed by atoms with Crippen molar-refractivity contribution in [1.82, 2.24) is 15.5 Å². The summed E-state index contributed by atoms with van der Waals surface area (Å²) in [7, 11) is 0. The minimum atomic E-state index is 0.436. The zero-order valence-corrected chi connectivity index (χ0v) is 13.0. The number of nitrogens with one attached hydrogen (secondary N) is 2. The van der Waals surface area contributed by atoms with Crippen LogP contribution in [0.25, 0.3) is 0 Å². The molecule has 1 aliphatic heterocycles. The molecule has 0 spiro atoms. The van der Waals surface area contributed by atoms with Crippen LogP contribution < -0.4 is 10.6 Å². The van der Waals surface area contributed by atoms with Crippen LogP contribution in [0.2, 0.25) is 0 Å². The number of hydrogen-bond donors (Lipinski definition) is 2. The maximum atomic E-state index is 9.13. The summed E-state index contributed by atoms with van der Waals surface area (Å²) in [6.07, 6.45) is 6.98. The van der Waals surface area contributed by atoms with E-state index in [1.165, 1.54) is 19.3 Å². The number of benzene rings is 1. The van der Waals surface area contributed by atoms with Crippen molar-refractivity contribution in [3.8, 4) is 6.19 Å². The molecule has 0 radical (unpaired) electrons. The molecule has 2 atom stereocenters. The minimum absolute atomic E-state index is 0.436. The lowest BCUT2D eigenvalue weighted by Crippen LogP contribution is -2.62. The van der Waals surface area contributed by atoms with Crippen LogP contribution in [-0.4, -0.2) is 36.0 Å². The fraction of sp³-hybridized carbons (Fsp3) is 0.529. The van der Waals surface area contributed by atoms with Crippen molar-refractivity contribution < 1.29 is 0 Å². The van der Waals surface area contributed by atoms with Gasteiger partial charge in [-0.3, -0.25) is 5.32 Å². The Morgan fingerprint density at radius 2 is 2.18 bits per heavy atom. The van der Waals surface area contributed by atoms with E-state index < -0.39 is 0 Å². The molecular formula is C17H23N5. The quantitative estimate of drug-likeness (QED) is 0.361. The molecule has 1 aromatic rings. The molecule has 0 amide bonds. The molecule has 5 nitrogen and oxygen atoms in total. The van der Waals surface area contributed by atoms with Gasteiger partial charge in [0.2, 0.25) is 5.96 Å². The highest BCUT2D eigenvalue weighted by molar-refractivity contribution is 5.85. The monoisotopic (exact) mass is 297 g/mol. The van der Waals surface area contributed by atoms with Crippen LogP contribution in [0.15, 0.2) is 29.3 Å². The molecule has 0 unspecified atom stereocenters. The summed E-state index contributed by atoms with van der Waals surface area (Å²) < 4.78 is 0. The van der Waals surface area contributed by atoms with E-state index in [1.807, 2.05) is 31.2 Å². The van der Waals surface area contributed by atoms with Gasteiger partial charge in [0.25, 0.3) is 0 Å². The van der Waals surface area contributed by atoms with Gasteiger partial charge in [0, 0.05) is 25.2 Å². The number of aryl methyl sites for hydroxylation is 1. The van der Waals surface area contributed by atoms with Gasteiger partial charge in [0.05, 0.1) is 5.69 Å². The Kier molecular flexibility index (Phi) is 4.59. The first-order valence-corrected chi connectivity index (χ1v) is 8.09. The van der Waals surface area contributed by atoms with Crippen LogP contribution >= 0.6 is 0 Å². The van der Waals surface area contributed by atoms with Crippen molar-refractivity contribution in [2.75, 3.05) is 13.1 Å². The van der Waals surface area contributed by atoms with Gasteiger partial charge in [0.15, 0.2) is 6.19 Å². The van der Waals surface area contributed by atoms with Crippen LogP contribution in [-0.2, 0) is 0 Å². The Hall–Kier alpha value is -2.06. The average molecular weight is 297 g/mol. The number of nitrogens with zero attached hydrogens (tertiary/aromatic N) is 3. The first-order chi connectivity index (χ1) is 10.8. The topological polar surface area (TPSA) is 63.5 Å². The molecule has 1 saturated heterocycles. The molecule has 2 N–H and O–H groups in total. The Labute approximate surface area is 132 Å². The standard InChI is InChI=1S/C17H23N5/c1-13-6-2-3-7-14(13)21-17(20-12-18)22-11-10-19-15-8-4-5-9-16(15)22/h2-3,6-7,15-16,19H,4-5,8-11H2,1H3,(H,20,21)/t15-,16-/m0/s1. The van der Waals surface area contributed by atoms with Gasteiger partial charge in [-0.15, -0.1) is 0 Å². The third kappa shape index (κ3) is 3.07. The second kappa shape index (κ2) is 6.80. The second-order valence-electron chi connectivity index (χ2n) is 6.06. The number of guanidine groups is 1. The van der Waals surface area contributed by atoms with Gasteiger partial charge in [0.1, 0.15) is 0 Å². The fourth-order valence-corrected chi connectivity index (χ4v) is 3.54. The zero-order valence-electron chi connectivity index (χ0n) is 13.0. The first kappa shape index (κ1) is 14.9. The molecular weight excluding hydrogens is 274 g/mol. The van der Waals surface area contributed by atoms with Gasteiger partial charge in [-0.05, 0) is 31.4 Å². The predicted octanol–water partition coefficient (Wildman–Crippen LogP) is 2.27. The Balaban J connectivity index is 1.90. The molecule has 116 valence electrons. The van der Waals surface area contributed by atoms with Crippen molar-refractivity contribution in [3.05, 3.63) is 29.8 Å². The van der Waals surface area contributed by atoms with Crippen LogP contribution in [0.4, 0.5) is 5.69 Å². The molecule has 2 fully saturated rings. The van der Waals surface area contributed by atoms with E-state index >= 15 is 0 Å². The smallest absolute Gasteiger partial charge is 0.212 e. The maximum Gasteiger partial charge on any atom is 0.212 e. The lowest BCUT2D eigenvalue weighted by molar-refractivity contribution is 0.149. The third-order valence-corrected chi connectivity index (χ3v) is 4.67. The summed E-state index contributed by atoms with van der Waals surface area (Å²) in [5, 5.41) is 15.6.